The van der Waals surface area contributed by atoms with Gasteiger partial charge in [-0.05, 0) is 154 Å². The number of rotatable bonds is 11. The topological polar surface area (TPSA) is 37.1 Å². The number of fused-ring (bicyclic) bond motifs is 3. The Morgan fingerprint density at radius 3 is 1.03 bits per heavy atom. The van der Waals surface area contributed by atoms with E-state index in [4.69, 9.17) is 11.3 Å². The van der Waals surface area contributed by atoms with Gasteiger partial charge in [-0.1, -0.05) is 121 Å². The molecule has 0 saturated carbocycles. The lowest BCUT2D eigenvalue weighted by Crippen LogP contribution is -2.09. The molecule has 2 heterocycles. The smallest absolute Gasteiger partial charge is 0.336 e. The number of nitrogens with zero attached hydrogens (tertiary/aromatic N) is 3. The van der Waals surface area contributed by atoms with Gasteiger partial charge in [0.25, 0.3) is 5.70 Å². The lowest BCUT2D eigenvalue weighted by Gasteiger charge is -2.25. The predicted octanol–water partition coefficient (Wildman–Crippen LogP) is 17.2. The number of hydrogen-bond donors (Lipinski definition) is 0. The average Bonchev–Trinajstić information content (AvgIpc) is 4.18. The first-order valence-corrected chi connectivity index (χ1v) is 23.9. The largest absolute Gasteiger partial charge is 0.474 e. The van der Waals surface area contributed by atoms with Crippen molar-refractivity contribution in [2.45, 2.75) is 0 Å². The number of hydrogen-bond acceptors (Lipinski definition) is 6. The minimum Gasteiger partial charge on any atom is -0.474 e. The van der Waals surface area contributed by atoms with Crippen molar-refractivity contribution in [3.63, 3.8) is 0 Å². The highest BCUT2D eigenvalue weighted by atomic mass is 32.1. The molecule has 1 aliphatic carbocycles. The van der Waals surface area contributed by atoms with E-state index in [9.17, 15) is 4.79 Å². The standard InChI is InChI=1S/C61H41N3O2S2/c1-62-60(61(65)66-2)59-53-39-43(57-37-35-55(67-57)41-23-29-49(30-24-41)63(45-15-7-3-8-16-45)46-17-9-4-10-18-46)27-33-51(53)52-34-28-44(40-54(52)59)58-38-36-56(68-58)42-25-31-50(32-26-42)64(47-19-11-5-12-20-47)48-21-13-6-14-22-48/h3-40H,2H3. The molecule has 0 aliphatic heterocycles. The first-order valence-electron chi connectivity index (χ1n) is 22.3. The van der Waals surface area contributed by atoms with Gasteiger partial charge in [-0.2, -0.15) is 0 Å². The second-order valence-corrected chi connectivity index (χ2v) is 18.4. The van der Waals surface area contributed by atoms with Gasteiger partial charge in [0.1, 0.15) is 0 Å². The van der Waals surface area contributed by atoms with Crippen LogP contribution in [0.25, 0.3) is 63.3 Å². The van der Waals surface area contributed by atoms with E-state index >= 15 is 0 Å². The Morgan fingerprint density at radius 1 is 0.397 bits per heavy atom. The van der Waals surface area contributed by atoms with E-state index in [0.717, 1.165) is 98.1 Å². The van der Waals surface area contributed by atoms with Crippen molar-refractivity contribution in [2.75, 3.05) is 16.9 Å². The van der Waals surface area contributed by atoms with Crippen LogP contribution in [0.5, 0.6) is 0 Å². The molecular weight excluding hydrogens is 871 g/mol. The summed E-state index contributed by atoms with van der Waals surface area (Å²) in [7, 11) is 1.33. The average molecular weight is 912 g/mol. The fourth-order valence-electron chi connectivity index (χ4n) is 9.03. The highest BCUT2D eigenvalue weighted by Gasteiger charge is 2.31. The monoisotopic (exact) mass is 911 g/mol. The quantitative estimate of drug-likeness (QED) is 0.0736. The lowest BCUT2D eigenvalue weighted by atomic mass is 9.98. The maximum Gasteiger partial charge on any atom is 0.336 e. The van der Waals surface area contributed by atoms with Crippen LogP contribution in [0.15, 0.2) is 236 Å². The summed E-state index contributed by atoms with van der Waals surface area (Å²) in [6.07, 6.45) is 0. The van der Waals surface area contributed by atoms with Gasteiger partial charge in [0, 0.05) is 59.2 Å². The zero-order valence-electron chi connectivity index (χ0n) is 36.9. The molecule has 0 spiro atoms. The Kier molecular flexibility index (Phi) is 11.4. The molecule has 1 aliphatic rings. The predicted molar refractivity (Wildman–Crippen MR) is 283 cm³/mol. The number of esters is 1. The molecule has 11 rings (SSSR count). The zero-order chi connectivity index (χ0) is 46.0. The molecule has 0 atom stereocenters. The molecule has 10 aromatic rings. The molecule has 0 saturated heterocycles. The molecule has 0 bridgehead atoms. The summed E-state index contributed by atoms with van der Waals surface area (Å²) < 4.78 is 5.21. The van der Waals surface area contributed by atoms with Crippen LogP contribution in [-0.4, -0.2) is 13.1 Å². The van der Waals surface area contributed by atoms with Crippen molar-refractivity contribution < 1.29 is 9.53 Å². The second kappa shape index (κ2) is 18.4. The van der Waals surface area contributed by atoms with Crippen molar-refractivity contribution in [1.29, 1.82) is 0 Å². The van der Waals surface area contributed by atoms with Gasteiger partial charge in [0.05, 0.1) is 13.7 Å². The maximum atomic E-state index is 13.3. The van der Waals surface area contributed by atoms with E-state index in [-0.39, 0.29) is 5.70 Å². The van der Waals surface area contributed by atoms with Crippen molar-refractivity contribution in [2.24, 2.45) is 0 Å². The van der Waals surface area contributed by atoms with E-state index in [0.29, 0.717) is 5.57 Å². The third-order valence-electron chi connectivity index (χ3n) is 12.3. The molecule has 0 fully saturated rings. The minimum absolute atomic E-state index is 0.0270. The molecule has 324 valence electrons. The van der Waals surface area contributed by atoms with Gasteiger partial charge >= 0.3 is 5.97 Å². The molecule has 0 N–H and O–H groups in total. The van der Waals surface area contributed by atoms with Crippen LogP contribution in [0.4, 0.5) is 34.1 Å². The first-order chi connectivity index (χ1) is 33.5. The fraction of sp³-hybridized carbons (Fsp3) is 0.0164. The number of carbonyl (C=O) groups excluding carboxylic acids is 1. The van der Waals surface area contributed by atoms with Crippen LogP contribution in [-0.2, 0) is 9.53 Å². The molecule has 0 amide bonds. The molecule has 2 aromatic heterocycles. The minimum atomic E-state index is -0.649. The Bertz CT molecular complexity index is 3210. The third kappa shape index (κ3) is 7.98. The van der Waals surface area contributed by atoms with Crippen LogP contribution in [0.2, 0.25) is 0 Å². The third-order valence-corrected chi connectivity index (χ3v) is 14.6. The number of ether oxygens (including phenoxy) is 1. The highest BCUT2D eigenvalue weighted by Crippen LogP contribution is 2.50. The molecule has 5 nitrogen and oxygen atoms in total. The molecule has 7 heteroatoms. The number of anilines is 6. The molecule has 68 heavy (non-hydrogen) atoms. The van der Waals surface area contributed by atoms with Gasteiger partial charge < -0.3 is 14.5 Å². The second-order valence-electron chi connectivity index (χ2n) is 16.3. The van der Waals surface area contributed by atoms with Gasteiger partial charge in [-0.15, -0.1) is 22.7 Å². The number of benzene rings is 8. The van der Waals surface area contributed by atoms with Crippen LogP contribution in [0, 0.1) is 6.57 Å². The number of thiophene rings is 2. The summed E-state index contributed by atoms with van der Waals surface area (Å²) in [6.45, 7) is 8.22. The lowest BCUT2D eigenvalue weighted by molar-refractivity contribution is -0.135. The van der Waals surface area contributed by atoms with Crippen LogP contribution in [0.3, 0.4) is 0 Å². The number of para-hydroxylation sites is 4. The number of methoxy groups -OCH3 is 1. The Labute approximate surface area is 404 Å². The zero-order valence-corrected chi connectivity index (χ0v) is 38.5. The van der Waals surface area contributed by atoms with Gasteiger partial charge in [-0.3, -0.25) is 4.79 Å². The normalized spacial score (nSPS) is 11.3. The first kappa shape index (κ1) is 42.1. The van der Waals surface area contributed by atoms with Gasteiger partial charge in [0.15, 0.2) is 0 Å². The molecule has 8 aromatic carbocycles. The summed E-state index contributed by atoms with van der Waals surface area (Å²) in [5.41, 5.74) is 15.0. The van der Waals surface area contributed by atoms with Crippen molar-refractivity contribution in [3.05, 3.63) is 259 Å². The van der Waals surface area contributed by atoms with Crippen LogP contribution < -0.4 is 9.80 Å². The van der Waals surface area contributed by atoms with E-state index in [2.05, 4.69) is 221 Å². The summed E-state index contributed by atoms with van der Waals surface area (Å²) in [5, 5.41) is 0. The van der Waals surface area contributed by atoms with Crippen LogP contribution >= 0.6 is 22.7 Å². The van der Waals surface area contributed by atoms with E-state index in [1.165, 1.54) is 7.11 Å². The number of carbonyl (C=O) groups is 1. The Balaban J connectivity index is 0.885. The van der Waals surface area contributed by atoms with E-state index in [1.807, 2.05) is 24.3 Å². The van der Waals surface area contributed by atoms with Crippen molar-refractivity contribution in [1.82, 2.24) is 0 Å². The SMILES string of the molecule is [C-]#[N+]C(C(=O)OC)=C1c2cc(-c3ccc(-c4ccc(N(c5ccccc5)c5ccccc5)cc4)s3)ccc2-c2ccc(-c3ccc(-c4ccc(N(c5ccccc5)c5ccccc5)cc4)s3)cc21. The fourth-order valence-corrected chi connectivity index (χ4v) is 11.0. The summed E-state index contributed by atoms with van der Waals surface area (Å²) in [5.74, 6) is -0.649. The molecular formula is C61H41N3O2S2. The maximum absolute atomic E-state index is 13.3. The molecule has 0 unspecified atom stereocenters. The Hall–Kier alpha value is -8.54. The Morgan fingerprint density at radius 2 is 0.706 bits per heavy atom. The van der Waals surface area contributed by atoms with Crippen molar-refractivity contribution in [3.8, 4) is 52.9 Å². The van der Waals surface area contributed by atoms with E-state index in [1.54, 1.807) is 22.7 Å². The van der Waals surface area contributed by atoms with Gasteiger partial charge in [-0.25, -0.2) is 4.85 Å². The summed E-state index contributed by atoms with van der Waals surface area (Å²) in [4.78, 5) is 26.1. The molecule has 0 radical (unpaired) electrons. The summed E-state index contributed by atoms with van der Waals surface area (Å²) in [6, 6.07) is 80.5. The van der Waals surface area contributed by atoms with Gasteiger partial charge in [0.2, 0.25) is 0 Å². The van der Waals surface area contributed by atoms with E-state index < -0.39 is 5.97 Å². The van der Waals surface area contributed by atoms with Crippen molar-refractivity contribution >= 4 is 68.3 Å². The van der Waals surface area contributed by atoms with Crippen LogP contribution in [0.1, 0.15) is 11.1 Å². The highest BCUT2D eigenvalue weighted by molar-refractivity contribution is 7.19. The summed E-state index contributed by atoms with van der Waals surface area (Å²) >= 11 is 3.44.